The van der Waals surface area contributed by atoms with Crippen molar-refractivity contribution in [2.45, 2.75) is 13.3 Å². The number of hydrogen-bond acceptors (Lipinski definition) is 4. The summed E-state index contributed by atoms with van der Waals surface area (Å²) in [6.45, 7) is 2.00. The number of fused-ring (bicyclic) bond motifs is 1. The van der Waals surface area contributed by atoms with E-state index < -0.39 is 0 Å². The van der Waals surface area contributed by atoms with Crippen molar-refractivity contribution in [2.24, 2.45) is 0 Å². The van der Waals surface area contributed by atoms with Crippen molar-refractivity contribution in [3.8, 4) is 10.6 Å². The molecule has 4 nitrogen and oxygen atoms in total. The van der Waals surface area contributed by atoms with Gasteiger partial charge in [0.1, 0.15) is 5.01 Å². The van der Waals surface area contributed by atoms with Crippen molar-refractivity contribution in [3.05, 3.63) is 82.9 Å². The number of carbonyl (C=O) groups excluding carboxylic acids is 1. The van der Waals surface area contributed by atoms with E-state index in [0.717, 1.165) is 37.6 Å². The van der Waals surface area contributed by atoms with Crippen LogP contribution in [0, 0.1) is 6.92 Å². The molecule has 0 aliphatic rings. The molecule has 0 spiro atoms. The van der Waals surface area contributed by atoms with Gasteiger partial charge in [-0.3, -0.25) is 4.79 Å². The third-order valence-electron chi connectivity index (χ3n) is 4.55. The van der Waals surface area contributed by atoms with Crippen molar-refractivity contribution in [2.75, 3.05) is 5.32 Å². The number of aryl methyl sites for hydroxylation is 1. The number of benzene rings is 3. The fourth-order valence-corrected chi connectivity index (χ4v) is 4.36. The molecule has 4 aromatic rings. The van der Waals surface area contributed by atoms with E-state index in [1.807, 2.05) is 49.4 Å². The summed E-state index contributed by atoms with van der Waals surface area (Å²) < 4.78 is 1.16. The third-order valence-corrected chi connectivity index (χ3v) is 6.09. The first-order valence-corrected chi connectivity index (χ1v) is 10.9. The van der Waals surface area contributed by atoms with Crippen LogP contribution in [-0.2, 0) is 11.2 Å². The molecule has 0 aliphatic heterocycles. The van der Waals surface area contributed by atoms with E-state index >= 15 is 0 Å². The number of thiocarbonyl (C=S) groups is 1. The number of rotatable bonds is 4. The molecule has 0 fully saturated rings. The Bertz CT molecular complexity index is 1200. The van der Waals surface area contributed by atoms with Crippen LogP contribution in [0.3, 0.4) is 0 Å². The Labute approximate surface area is 188 Å². The van der Waals surface area contributed by atoms with Gasteiger partial charge in [0.15, 0.2) is 5.11 Å². The molecule has 3 aromatic carbocycles. The molecule has 0 radical (unpaired) electrons. The molecule has 30 heavy (non-hydrogen) atoms. The summed E-state index contributed by atoms with van der Waals surface area (Å²) in [4.78, 5) is 16.9. The number of thiazole rings is 1. The molecule has 2 N–H and O–H groups in total. The number of nitrogens with zero attached hydrogens (tertiary/aromatic N) is 1. The maximum Gasteiger partial charge on any atom is 0.230 e. The summed E-state index contributed by atoms with van der Waals surface area (Å²) in [6, 6.07) is 21.3. The van der Waals surface area contributed by atoms with Crippen LogP contribution in [0.4, 0.5) is 5.69 Å². The van der Waals surface area contributed by atoms with Gasteiger partial charge < -0.3 is 10.6 Å². The lowest BCUT2D eigenvalue weighted by atomic mass is 10.1. The first-order valence-electron chi connectivity index (χ1n) is 9.30. The summed E-state index contributed by atoms with van der Waals surface area (Å²) in [6.07, 6.45) is 0.231. The van der Waals surface area contributed by atoms with Crippen molar-refractivity contribution >= 4 is 62.1 Å². The monoisotopic (exact) mass is 451 g/mol. The van der Waals surface area contributed by atoms with E-state index in [0.29, 0.717) is 5.02 Å². The quantitative estimate of drug-likeness (QED) is 0.375. The van der Waals surface area contributed by atoms with E-state index in [2.05, 4.69) is 22.8 Å². The molecule has 0 saturated heterocycles. The van der Waals surface area contributed by atoms with E-state index in [-0.39, 0.29) is 17.4 Å². The van der Waals surface area contributed by atoms with Gasteiger partial charge in [-0.1, -0.05) is 35.9 Å². The van der Waals surface area contributed by atoms with Crippen molar-refractivity contribution in [1.29, 1.82) is 0 Å². The zero-order valence-electron chi connectivity index (χ0n) is 16.1. The molecule has 0 unspecified atom stereocenters. The Hall–Kier alpha value is -2.80. The van der Waals surface area contributed by atoms with E-state index in [9.17, 15) is 4.79 Å². The van der Waals surface area contributed by atoms with Crippen molar-refractivity contribution in [1.82, 2.24) is 10.3 Å². The maximum absolute atomic E-state index is 12.2. The molecule has 0 bridgehead atoms. The van der Waals surface area contributed by atoms with Gasteiger partial charge in [0.05, 0.1) is 16.6 Å². The van der Waals surface area contributed by atoms with Crippen LogP contribution >= 0.6 is 35.2 Å². The second kappa shape index (κ2) is 8.92. The van der Waals surface area contributed by atoms with Crippen molar-refractivity contribution in [3.63, 3.8) is 0 Å². The normalized spacial score (nSPS) is 10.7. The molecule has 1 heterocycles. The largest absolute Gasteiger partial charge is 0.332 e. The molecule has 0 atom stereocenters. The number of amides is 1. The number of hydrogen-bond donors (Lipinski definition) is 2. The summed E-state index contributed by atoms with van der Waals surface area (Å²) >= 11 is 12.8. The summed E-state index contributed by atoms with van der Waals surface area (Å²) in [5.41, 5.74) is 4.78. The second-order valence-corrected chi connectivity index (χ2v) is 8.70. The fraction of sp³-hybridized carbons (Fsp3) is 0.0870. The smallest absolute Gasteiger partial charge is 0.230 e. The number of anilines is 1. The molecule has 1 aromatic heterocycles. The molecule has 1 amide bonds. The van der Waals surface area contributed by atoms with E-state index in [1.165, 1.54) is 0 Å². The number of carbonyl (C=O) groups is 1. The van der Waals surface area contributed by atoms with Crippen LogP contribution in [-0.4, -0.2) is 16.0 Å². The van der Waals surface area contributed by atoms with Crippen LogP contribution in [0.15, 0.2) is 66.7 Å². The highest BCUT2D eigenvalue weighted by Gasteiger charge is 2.10. The molecule has 7 heteroatoms. The maximum atomic E-state index is 12.2. The van der Waals surface area contributed by atoms with Gasteiger partial charge in [0.2, 0.25) is 5.91 Å². The lowest BCUT2D eigenvalue weighted by molar-refractivity contribution is -0.119. The van der Waals surface area contributed by atoms with Crippen LogP contribution in [0.2, 0.25) is 5.02 Å². The predicted molar refractivity (Wildman–Crippen MR) is 129 cm³/mol. The molecule has 0 saturated carbocycles. The minimum absolute atomic E-state index is 0.182. The predicted octanol–water partition coefficient (Wildman–Crippen LogP) is 5.98. The lowest BCUT2D eigenvalue weighted by Gasteiger charge is -2.12. The van der Waals surface area contributed by atoms with Crippen LogP contribution in [0.25, 0.3) is 20.8 Å². The minimum atomic E-state index is -0.182. The summed E-state index contributed by atoms with van der Waals surface area (Å²) in [5.74, 6) is -0.182. The fourth-order valence-electron chi connectivity index (χ4n) is 3.04. The van der Waals surface area contributed by atoms with Gasteiger partial charge >= 0.3 is 0 Å². The van der Waals surface area contributed by atoms with Crippen LogP contribution < -0.4 is 10.6 Å². The van der Waals surface area contributed by atoms with E-state index in [1.54, 1.807) is 23.5 Å². The van der Waals surface area contributed by atoms with E-state index in [4.69, 9.17) is 28.8 Å². The first-order chi connectivity index (χ1) is 14.5. The van der Waals surface area contributed by atoms with Gasteiger partial charge in [-0.05, 0) is 72.7 Å². The molecular weight excluding hydrogens is 434 g/mol. The Morgan fingerprint density at radius 2 is 1.87 bits per heavy atom. The van der Waals surface area contributed by atoms with Crippen LogP contribution in [0.1, 0.15) is 11.1 Å². The highest BCUT2D eigenvalue weighted by atomic mass is 35.5. The topological polar surface area (TPSA) is 54.0 Å². The Morgan fingerprint density at radius 1 is 1.10 bits per heavy atom. The van der Waals surface area contributed by atoms with Gasteiger partial charge in [-0.25, -0.2) is 4.98 Å². The number of nitrogens with one attached hydrogen (secondary N) is 2. The average Bonchev–Trinajstić information content (AvgIpc) is 3.15. The Kier molecular flexibility index (Phi) is 6.08. The minimum Gasteiger partial charge on any atom is -0.332 e. The van der Waals surface area contributed by atoms with Gasteiger partial charge in [0.25, 0.3) is 0 Å². The standard InChI is InChI=1S/C23H18ClN3OS2/c1-14-12-16(22-25-19-4-2-3-5-20(19)30-22)8-11-18(14)26-23(29)27-21(28)13-15-6-9-17(24)10-7-15/h2-12H,13H2,1H3,(H2,26,27,28,29). The molecule has 0 aliphatic carbocycles. The zero-order chi connectivity index (χ0) is 21.1. The Morgan fingerprint density at radius 3 is 2.60 bits per heavy atom. The van der Waals surface area contributed by atoms with Gasteiger partial charge in [0, 0.05) is 16.3 Å². The SMILES string of the molecule is Cc1cc(-c2nc3ccccc3s2)ccc1NC(=S)NC(=O)Cc1ccc(Cl)cc1. The van der Waals surface area contributed by atoms with Crippen LogP contribution in [0.5, 0.6) is 0 Å². The third kappa shape index (κ3) is 4.84. The van der Waals surface area contributed by atoms with Gasteiger partial charge in [-0.15, -0.1) is 11.3 Å². The Balaban J connectivity index is 1.41. The molecular formula is C23H18ClN3OS2. The molecule has 150 valence electrons. The highest BCUT2D eigenvalue weighted by Crippen LogP contribution is 2.31. The average molecular weight is 452 g/mol. The summed E-state index contributed by atoms with van der Waals surface area (Å²) in [7, 11) is 0. The number of halogens is 1. The number of para-hydroxylation sites is 1. The highest BCUT2D eigenvalue weighted by molar-refractivity contribution is 7.80. The summed E-state index contributed by atoms with van der Waals surface area (Å²) in [5, 5.41) is 7.71. The number of aromatic nitrogens is 1. The zero-order valence-corrected chi connectivity index (χ0v) is 18.5. The van der Waals surface area contributed by atoms with Crippen molar-refractivity contribution < 1.29 is 4.79 Å². The lowest BCUT2D eigenvalue weighted by Crippen LogP contribution is -2.35. The molecule has 4 rings (SSSR count). The van der Waals surface area contributed by atoms with Gasteiger partial charge in [-0.2, -0.15) is 0 Å². The second-order valence-electron chi connectivity index (χ2n) is 6.82. The first kappa shape index (κ1) is 20.5.